The minimum atomic E-state index is 0.0266. The third-order valence-electron chi connectivity index (χ3n) is 2.18. The molecule has 0 amide bonds. The number of ether oxygens (including phenoxy) is 1. The Bertz CT molecular complexity index is 569. The van der Waals surface area contributed by atoms with Crippen LogP contribution in [0.5, 0.6) is 5.75 Å². The molecule has 0 unspecified atom stereocenters. The quantitative estimate of drug-likeness (QED) is 0.659. The van der Waals surface area contributed by atoms with Crippen molar-refractivity contribution >= 4 is 5.57 Å². The summed E-state index contributed by atoms with van der Waals surface area (Å²) in [6.07, 6.45) is 1.49. The van der Waals surface area contributed by atoms with E-state index in [4.69, 9.17) is 21.0 Å². The molecule has 0 saturated carbocycles. The number of para-hydroxylation sites is 1. The summed E-state index contributed by atoms with van der Waals surface area (Å²) in [5.41, 5.74) is 6.81. The van der Waals surface area contributed by atoms with Crippen LogP contribution >= 0.6 is 0 Å². The fraction of sp³-hybridized carbons (Fsp3) is 0. The van der Waals surface area contributed by atoms with Crippen molar-refractivity contribution in [1.82, 2.24) is 0 Å². The van der Waals surface area contributed by atoms with Gasteiger partial charge in [0.15, 0.2) is 5.88 Å². The molecule has 0 radical (unpaired) electrons. The second-order valence-corrected chi connectivity index (χ2v) is 3.16. The first-order chi connectivity index (χ1) is 7.76. The molecule has 1 heterocycles. The van der Waals surface area contributed by atoms with Gasteiger partial charge in [0.2, 0.25) is 0 Å². The molecule has 0 atom stereocenters. The van der Waals surface area contributed by atoms with E-state index < -0.39 is 0 Å². The van der Waals surface area contributed by atoms with Crippen LogP contribution in [0.2, 0.25) is 0 Å². The first kappa shape index (κ1) is 9.82. The van der Waals surface area contributed by atoms with Gasteiger partial charge in [0.25, 0.3) is 0 Å². The molecular weight excluding hydrogens is 202 g/mol. The van der Waals surface area contributed by atoms with Crippen LogP contribution in [-0.2, 0) is 0 Å². The van der Waals surface area contributed by atoms with Gasteiger partial charge in [-0.25, -0.2) is 0 Å². The molecule has 16 heavy (non-hydrogen) atoms. The van der Waals surface area contributed by atoms with Crippen molar-refractivity contribution in [3.05, 3.63) is 47.4 Å². The molecule has 0 saturated heterocycles. The minimum absolute atomic E-state index is 0.0266. The fourth-order valence-corrected chi connectivity index (χ4v) is 1.51. The Hall–Kier alpha value is -2.72. The minimum Gasteiger partial charge on any atom is -0.441 e. The molecule has 4 heteroatoms. The number of hydrogen-bond acceptors (Lipinski definition) is 4. The maximum Gasteiger partial charge on any atom is 0.191 e. The molecule has 2 rings (SSSR count). The SMILES string of the molecule is N#CC(C#N)=C1C=C(N)Oc2ccccc21. The number of nitriles is 2. The maximum absolute atomic E-state index is 8.85. The summed E-state index contributed by atoms with van der Waals surface area (Å²) in [4.78, 5) is 0. The molecule has 1 aliphatic heterocycles. The van der Waals surface area contributed by atoms with Gasteiger partial charge < -0.3 is 10.5 Å². The molecule has 76 valence electrons. The molecule has 0 aliphatic carbocycles. The van der Waals surface area contributed by atoms with Gasteiger partial charge in [-0.2, -0.15) is 10.5 Å². The summed E-state index contributed by atoms with van der Waals surface area (Å²) in [5.74, 6) is 0.734. The van der Waals surface area contributed by atoms with E-state index in [1.807, 2.05) is 18.2 Å². The van der Waals surface area contributed by atoms with Gasteiger partial charge in [0.1, 0.15) is 23.5 Å². The van der Waals surface area contributed by atoms with E-state index in [2.05, 4.69) is 0 Å². The lowest BCUT2D eigenvalue weighted by Gasteiger charge is -2.17. The van der Waals surface area contributed by atoms with E-state index in [1.54, 1.807) is 18.2 Å². The first-order valence-electron chi connectivity index (χ1n) is 4.55. The smallest absolute Gasteiger partial charge is 0.191 e. The number of allylic oxidation sites excluding steroid dienone is 3. The molecule has 0 bridgehead atoms. The Balaban J connectivity index is 2.72. The third-order valence-corrected chi connectivity index (χ3v) is 2.18. The number of nitrogens with zero attached hydrogens (tertiary/aromatic N) is 2. The van der Waals surface area contributed by atoms with Gasteiger partial charge in [-0.1, -0.05) is 18.2 Å². The second-order valence-electron chi connectivity index (χ2n) is 3.16. The lowest BCUT2D eigenvalue weighted by Crippen LogP contribution is -2.11. The predicted molar refractivity (Wildman–Crippen MR) is 57.5 cm³/mol. The van der Waals surface area contributed by atoms with E-state index in [0.717, 1.165) is 0 Å². The maximum atomic E-state index is 8.85. The summed E-state index contributed by atoms with van der Waals surface area (Å²) in [7, 11) is 0. The van der Waals surface area contributed by atoms with Crippen molar-refractivity contribution in [1.29, 1.82) is 10.5 Å². The first-order valence-corrected chi connectivity index (χ1v) is 4.55. The fourth-order valence-electron chi connectivity index (χ4n) is 1.51. The second kappa shape index (κ2) is 3.80. The highest BCUT2D eigenvalue weighted by Crippen LogP contribution is 2.33. The summed E-state index contributed by atoms with van der Waals surface area (Å²) in [5, 5.41) is 17.7. The lowest BCUT2D eigenvalue weighted by molar-refractivity contribution is 0.414. The van der Waals surface area contributed by atoms with Gasteiger partial charge >= 0.3 is 0 Å². The molecule has 0 spiro atoms. The van der Waals surface area contributed by atoms with Gasteiger partial charge in [-0.05, 0) is 6.07 Å². The van der Waals surface area contributed by atoms with E-state index >= 15 is 0 Å². The van der Waals surface area contributed by atoms with Crippen molar-refractivity contribution in [3.8, 4) is 17.9 Å². The molecule has 1 aliphatic rings. The topological polar surface area (TPSA) is 82.8 Å². The molecule has 1 aromatic carbocycles. The predicted octanol–water partition coefficient (Wildman–Crippen LogP) is 1.68. The molecule has 0 fully saturated rings. The van der Waals surface area contributed by atoms with Crippen molar-refractivity contribution in [3.63, 3.8) is 0 Å². The molecular formula is C12H7N3O. The highest BCUT2D eigenvalue weighted by atomic mass is 16.5. The van der Waals surface area contributed by atoms with Crippen LogP contribution in [0.15, 0.2) is 41.8 Å². The lowest BCUT2D eigenvalue weighted by atomic mass is 9.98. The van der Waals surface area contributed by atoms with Crippen LogP contribution < -0.4 is 10.5 Å². The summed E-state index contributed by atoms with van der Waals surface area (Å²) < 4.78 is 5.29. The normalized spacial score (nSPS) is 12.6. The van der Waals surface area contributed by atoms with Crippen LogP contribution in [0.3, 0.4) is 0 Å². The Morgan fingerprint density at radius 3 is 2.56 bits per heavy atom. The van der Waals surface area contributed by atoms with E-state index in [9.17, 15) is 0 Å². The number of nitrogens with two attached hydrogens (primary N) is 1. The molecule has 4 nitrogen and oxygen atoms in total. The zero-order valence-electron chi connectivity index (χ0n) is 8.27. The van der Waals surface area contributed by atoms with Gasteiger partial charge in [-0.15, -0.1) is 0 Å². The van der Waals surface area contributed by atoms with Crippen LogP contribution in [0.25, 0.3) is 5.57 Å². The van der Waals surface area contributed by atoms with Crippen LogP contribution in [-0.4, -0.2) is 0 Å². The number of fused-ring (bicyclic) bond motifs is 1. The summed E-state index contributed by atoms with van der Waals surface area (Å²) in [6, 6.07) is 10.8. The number of rotatable bonds is 0. The molecule has 0 aromatic heterocycles. The van der Waals surface area contributed by atoms with Crippen molar-refractivity contribution < 1.29 is 4.74 Å². The van der Waals surface area contributed by atoms with Crippen molar-refractivity contribution in [2.75, 3.05) is 0 Å². The van der Waals surface area contributed by atoms with Crippen molar-refractivity contribution in [2.24, 2.45) is 5.73 Å². The summed E-state index contributed by atoms with van der Waals surface area (Å²) in [6.45, 7) is 0. The zero-order chi connectivity index (χ0) is 11.5. The monoisotopic (exact) mass is 209 g/mol. The molecule has 1 aromatic rings. The molecule has 2 N–H and O–H groups in total. The van der Waals surface area contributed by atoms with E-state index in [-0.39, 0.29) is 11.5 Å². The van der Waals surface area contributed by atoms with Gasteiger partial charge in [-0.3, -0.25) is 0 Å². The number of benzene rings is 1. The average molecular weight is 209 g/mol. The van der Waals surface area contributed by atoms with E-state index in [0.29, 0.717) is 16.9 Å². The Morgan fingerprint density at radius 2 is 1.88 bits per heavy atom. The highest BCUT2D eigenvalue weighted by Gasteiger charge is 2.17. The summed E-state index contributed by atoms with van der Waals surface area (Å²) >= 11 is 0. The third kappa shape index (κ3) is 1.49. The van der Waals surface area contributed by atoms with Crippen molar-refractivity contribution in [2.45, 2.75) is 0 Å². The van der Waals surface area contributed by atoms with Gasteiger partial charge in [0, 0.05) is 17.2 Å². The largest absolute Gasteiger partial charge is 0.441 e. The standard InChI is InChI=1S/C12H7N3O/c13-6-8(7-14)10-5-12(15)16-11-4-2-1-3-9(10)11/h1-5H,15H2. The average Bonchev–Trinajstić information content (AvgIpc) is 2.30. The van der Waals surface area contributed by atoms with Crippen LogP contribution in [0.1, 0.15) is 5.56 Å². The van der Waals surface area contributed by atoms with E-state index in [1.165, 1.54) is 6.08 Å². The Labute approximate surface area is 92.5 Å². The van der Waals surface area contributed by atoms with Crippen LogP contribution in [0, 0.1) is 22.7 Å². The number of hydrogen-bond donors (Lipinski definition) is 1. The Morgan fingerprint density at radius 1 is 1.19 bits per heavy atom. The van der Waals surface area contributed by atoms with Crippen LogP contribution in [0.4, 0.5) is 0 Å². The highest BCUT2D eigenvalue weighted by molar-refractivity contribution is 5.86. The Kier molecular flexibility index (Phi) is 2.33. The zero-order valence-corrected chi connectivity index (χ0v) is 8.27. The van der Waals surface area contributed by atoms with Gasteiger partial charge in [0.05, 0.1) is 0 Å².